The number of ketones is 2. The Morgan fingerprint density at radius 2 is 2.00 bits per heavy atom. The molecule has 3 heteroatoms. The van der Waals surface area contributed by atoms with E-state index >= 15 is 0 Å². The number of fused-ring (bicyclic) bond motifs is 1. The first kappa shape index (κ1) is 11.3. The summed E-state index contributed by atoms with van der Waals surface area (Å²) in [5.41, 5.74) is -1.73. The predicted molar refractivity (Wildman–Crippen MR) is 60.0 cm³/mol. The van der Waals surface area contributed by atoms with Gasteiger partial charge in [-0.1, -0.05) is 0 Å². The fourth-order valence-electron chi connectivity index (χ4n) is 2.48. The number of allylic oxidation sites excluding steroid dienone is 2. The average molecular weight is 220 g/mol. The molecule has 86 valence electrons. The number of hydrogen-bond acceptors (Lipinski definition) is 3. The van der Waals surface area contributed by atoms with Gasteiger partial charge in [-0.25, -0.2) is 0 Å². The molecule has 3 nitrogen and oxygen atoms in total. The van der Waals surface area contributed by atoms with Crippen molar-refractivity contribution in [1.29, 1.82) is 0 Å². The molecule has 0 N–H and O–H groups in total. The van der Waals surface area contributed by atoms with Crippen molar-refractivity contribution < 1.29 is 14.3 Å². The maximum atomic E-state index is 11.9. The van der Waals surface area contributed by atoms with E-state index in [0.717, 1.165) is 0 Å². The van der Waals surface area contributed by atoms with Crippen molar-refractivity contribution in [2.24, 2.45) is 5.41 Å². The Morgan fingerprint density at radius 3 is 2.56 bits per heavy atom. The van der Waals surface area contributed by atoms with Crippen LogP contribution in [0.4, 0.5) is 0 Å². The normalized spacial score (nSPS) is 39.9. The van der Waals surface area contributed by atoms with Gasteiger partial charge in [0.15, 0.2) is 11.6 Å². The van der Waals surface area contributed by atoms with Gasteiger partial charge in [0.05, 0.1) is 5.41 Å². The minimum Gasteiger partial charge on any atom is -0.353 e. The van der Waals surface area contributed by atoms with Gasteiger partial charge in [-0.2, -0.15) is 0 Å². The van der Waals surface area contributed by atoms with Crippen molar-refractivity contribution in [2.45, 2.75) is 38.9 Å². The van der Waals surface area contributed by atoms with Crippen LogP contribution in [0, 0.1) is 5.41 Å². The van der Waals surface area contributed by atoms with E-state index in [4.69, 9.17) is 4.74 Å². The Labute approximate surface area is 95.2 Å². The molecule has 0 spiro atoms. The quantitative estimate of drug-likeness (QED) is 0.527. The highest BCUT2D eigenvalue weighted by atomic mass is 16.6. The second-order valence-corrected chi connectivity index (χ2v) is 5.21. The fraction of sp³-hybridized carbons (Fsp3) is 0.538. The van der Waals surface area contributed by atoms with E-state index in [1.807, 2.05) is 20.8 Å². The molecule has 1 aliphatic heterocycles. The first-order chi connectivity index (χ1) is 7.25. The Bertz CT molecular complexity index is 430. The number of carbonyl (C=O) groups excluding carboxylic acids is 2. The van der Waals surface area contributed by atoms with E-state index in [1.54, 1.807) is 18.2 Å². The lowest BCUT2D eigenvalue weighted by atomic mass is 9.66. The zero-order valence-corrected chi connectivity index (χ0v) is 10.0. The molecule has 0 aromatic carbocycles. The van der Waals surface area contributed by atoms with Crippen LogP contribution in [0.15, 0.2) is 24.3 Å². The van der Waals surface area contributed by atoms with Crippen LogP contribution in [0.2, 0.25) is 0 Å². The predicted octanol–water partition coefficient (Wildman–Crippen LogP) is 1.82. The van der Waals surface area contributed by atoms with Crippen molar-refractivity contribution in [1.82, 2.24) is 0 Å². The lowest BCUT2D eigenvalue weighted by molar-refractivity contribution is -0.125. The maximum absolute atomic E-state index is 11.9. The molecule has 1 fully saturated rings. The molecule has 2 aliphatic rings. The smallest absolute Gasteiger partial charge is 0.164 e. The monoisotopic (exact) mass is 220 g/mol. The van der Waals surface area contributed by atoms with E-state index in [-0.39, 0.29) is 11.6 Å². The summed E-state index contributed by atoms with van der Waals surface area (Å²) in [7, 11) is 0. The van der Waals surface area contributed by atoms with Crippen LogP contribution >= 0.6 is 0 Å². The third-order valence-corrected chi connectivity index (χ3v) is 3.72. The van der Waals surface area contributed by atoms with Crippen LogP contribution in [-0.4, -0.2) is 22.8 Å². The second-order valence-electron chi connectivity index (χ2n) is 5.21. The maximum Gasteiger partial charge on any atom is 0.164 e. The summed E-state index contributed by atoms with van der Waals surface area (Å²) in [6, 6.07) is 0. The van der Waals surface area contributed by atoms with E-state index in [0.29, 0.717) is 0 Å². The first-order valence-electron chi connectivity index (χ1n) is 5.39. The second kappa shape index (κ2) is 2.92. The molecule has 1 heterocycles. The molecule has 0 amide bonds. The van der Waals surface area contributed by atoms with Gasteiger partial charge in [-0.15, -0.1) is 0 Å². The molecule has 1 saturated heterocycles. The molecule has 0 bridgehead atoms. The van der Waals surface area contributed by atoms with Gasteiger partial charge in [0.2, 0.25) is 0 Å². The molecule has 16 heavy (non-hydrogen) atoms. The average Bonchev–Trinajstić information content (AvgIpc) is 2.80. The third-order valence-electron chi connectivity index (χ3n) is 3.72. The summed E-state index contributed by atoms with van der Waals surface area (Å²) in [6.07, 6.45) is 6.58. The zero-order chi connectivity index (χ0) is 12.2. The van der Waals surface area contributed by atoms with Gasteiger partial charge in [0.1, 0.15) is 11.2 Å². The van der Waals surface area contributed by atoms with Gasteiger partial charge in [0, 0.05) is 0 Å². The highest BCUT2D eigenvalue weighted by Gasteiger charge is 2.74. The minimum absolute atomic E-state index is 0.0370. The Hall–Kier alpha value is -1.22. The Balaban J connectivity index is 2.45. The minimum atomic E-state index is -0.655. The van der Waals surface area contributed by atoms with Crippen molar-refractivity contribution in [3.05, 3.63) is 24.3 Å². The number of carbonyl (C=O) groups is 2. The summed E-state index contributed by atoms with van der Waals surface area (Å²) in [5.74, 6) is 0.000652. The van der Waals surface area contributed by atoms with Crippen molar-refractivity contribution >= 4 is 11.6 Å². The first-order valence-corrected chi connectivity index (χ1v) is 5.39. The van der Waals surface area contributed by atoms with Crippen LogP contribution in [0.1, 0.15) is 27.7 Å². The van der Waals surface area contributed by atoms with Crippen LogP contribution < -0.4 is 0 Å². The van der Waals surface area contributed by atoms with Gasteiger partial charge < -0.3 is 4.74 Å². The van der Waals surface area contributed by atoms with Crippen LogP contribution in [-0.2, 0) is 14.3 Å². The summed E-state index contributed by atoms with van der Waals surface area (Å²) in [5, 5.41) is 0. The lowest BCUT2D eigenvalue weighted by Crippen LogP contribution is -2.45. The van der Waals surface area contributed by atoms with Gasteiger partial charge in [-0.05, 0) is 52.0 Å². The standard InChI is InChI=1S/C13H16O3/c1-9(14)5-8-13-11(2,3)10(15)6-7-12(13,4)16-13/h5-8H,1-4H3/b8-5+. The van der Waals surface area contributed by atoms with Crippen molar-refractivity contribution in [2.75, 3.05) is 0 Å². The number of ether oxygens (including phenoxy) is 1. The summed E-state index contributed by atoms with van der Waals surface area (Å²) in [4.78, 5) is 22.9. The molecular weight excluding hydrogens is 204 g/mol. The third kappa shape index (κ3) is 1.18. The molecule has 0 radical (unpaired) electrons. The highest BCUT2D eigenvalue weighted by molar-refractivity contribution is 5.99. The van der Waals surface area contributed by atoms with E-state index in [1.165, 1.54) is 13.0 Å². The van der Waals surface area contributed by atoms with Gasteiger partial charge >= 0.3 is 0 Å². The van der Waals surface area contributed by atoms with Gasteiger partial charge in [0.25, 0.3) is 0 Å². The lowest BCUT2D eigenvalue weighted by Gasteiger charge is -2.31. The van der Waals surface area contributed by atoms with E-state index < -0.39 is 16.6 Å². The van der Waals surface area contributed by atoms with Crippen molar-refractivity contribution in [3.63, 3.8) is 0 Å². The SMILES string of the molecule is CC(=O)/C=C/C12OC1(C)C=CC(=O)C2(C)C. The fourth-order valence-corrected chi connectivity index (χ4v) is 2.48. The van der Waals surface area contributed by atoms with Crippen molar-refractivity contribution in [3.8, 4) is 0 Å². The van der Waals surface area contributed by atoms with E-state index in [9.17, 15) is 9.59 Å². The van der Waals surface area contributed by atoms with E-state index in [2.05, 4.69) is 0 Å². The molecule has 1 aliphatic carbocycles. The summed E-state index contributed by atoms with van der Waals surface area (Å²) < 4.78 is 5.74. The topological polar surface area (TPSA) is 46.7 Å². The van der Waals surface area contributed by atoms with Crippen LogP contribution in [0.3, 0.4) is 0 Å². The Kier molecular flexibility index (Phi) is 2.05. The molecule has 0 aromatic rings. The molecule has 0 aromatic heterocycles. The van der Waals surface area contributed by atoms with Crippen LogP contribution in [0.25, 0.3) is 0 Å². The number of hydrogen-bond donors (Lipinski definition) is 0. The summed E-state index contributed by atoms with van der Waals surface area (Å²) in [6.45, 7) is 7.13. The van der Waals surface area contributed by atoms with Gasteiger partial charge in [-0.3, -0.25) is 9.59 Å². The highest BCUT2D eigenvalue weighted by Crippen LogP contribution is 2.62. The number of epoxide rings is 1. The molecular formula is C13H16O3. The molecule has 2 atom stereocenters. The largest absolute Gasteiger partial charge is 0.353 e. The summed E-state index contributed by atoms with van der Waals surface area (Å²) >= 11 is 0. The Morgan fingerprint density at radius 1 is 1.38 bits per heavy atom. The van der Waals surface area contributed by atoms with Crippen LogP contribution in [0.5, 0.6) is 0 Å². The molecule has 0 saturated carbocycles. The molecule has 2 unspecified atom stereocenters. The molecule has 2 rings (SSSR count). The number of rotatable bonds is 2. The zero-order valence-electron chi connectivity index (χ0n) is 10.0.